The lowest BCUT2D eigenvalue weighted by molar-refractivity contribution is 0.460. The molecule has 0 spiro atoms. The zero-order valence-electron chi connectivity index (χ0n) is 11.8. The summed E-state index contributed by atoms with van der Waals surface area (Å²) in [5.74, 6) is -0.253. The Bertz CT molecular complexity index is 523. The summed E-state index contributed by atoms with van der Waals surface area (Å²) < 4.78 is 17.0. The minimum absolute atomic E-state index is 0. The summed E-state index contributed by atoms with van der Waals surface area (Å²) in [7, 11) is 0. The van der Waals surface area contributed by atoms with Crippen molar-refractivity contribution < 1.29 is 4.39 Å². The molecule has 2 aromatic heterocycles. The molecule has 0 amide bonds. The van der Waals surface area contributed by atoms with Gasteiger partial charge in [0.05, 0.1) is 12.4 Å². The van der Waals surface area contributed by atoms with Crippen LogP contribution < -0.4 is 5.32 Å². The summed E-state index contributed by atoms with van der Waals surface area (Å²) in [5.41, 5.74) is 1.71. The van der Waals surface area contributed by atoms with Gasteiger partial charge in [0.1, 0.15) is 0 Å². The standard InChI is InChI=1S/C13H20FN5.ClH/c1-3-5-18-10-11(7-16-18)6-15-8-12-9-17-19(4-2)13(12)14;/h7,9-10,15H,3-6,8H2,1-2H3;1H. The Kier molecular flexibility index (Phi) is 6.67. The van der Waals surface area contributed by atoms with E-state index in [1.54, 1.807) is 6.20 Å². The number of nitrogens with one attached hydrogen (secondary N) is 1. The van der Waals surface area contributed by atoms with Crippen LogP contribution in [0.2, 0.25) is 0 Å². The van der Waals surface area contributed by atoms with Crippen molar-refractivity contribution in [2.75, 3.05) is 0 Å². The van der Waals surface area contributed by atoms with Crippen LogP contribution in [0.4, 0.5) is 4.39 Å². The molecule has 0 aliphatic carbocycles. The van der Waals surface area contributed by atoms with E-state index in [2.05, 4.69) is 22.4 Å². The number of hydrogen-bond donors (Lipinski definition) is 1. The van der Waals surface area contributed by atoms with Gasteiger partial charge in [-0.15, -0.1) is 12.4 Å². The summed E-state index contributed by atoms with van der Waals surface area (Å²) in [4.78, 5) is 0. The molecule has 0 saturated carbocycles. The van der Waals surface area contributed by atoms with E-state index in [0.717, 1.165) is 18.5 Å². The van der Waals surface area contributed by atoms with Crippen molar-refractivity contribution >= 4 is 12.4 Å². The highest BCUT2D eigenvalue weighted by Gasteiger charge is 2.08. The van der Waals surface area contributed by atoms with Crippen LogP contribution in [0.5, 0.6) is 0 Å². The third-order valence-corrected chi connectivity index (χ3v) is 2.93. The average Bonchev–Trinajstić information content (AvgIpc) is 2.98. The Hall–Kier alpha value is -1.40. The maximum Gasteiger partial charge on any atom is 0.215 e. The van der Waals surface area contributed by atoms with Gasteiger partial charge in [0.2, 0.25) is 5.95 Å². The van der Waals surface area contributed by atoms with Crippen LogP contribution in [0, 0.1) is 5.95 Å². The number of aromatic nitrogens is 4. The van der Waals surface area contributed by atoms with Crippen LogP contribution >= 0.6 is 12.4 Å². The molecule has 7 heteroatoms. The van der Waals surface area contributed by atoms with E-state index in [1.165, 1.54) is 4.68 Å². The molecule has 0 bridgehead atoms. The molecule has 0 aliphatic heterocycles. The van der Waals surface area contributed by atoms with Crippen molar-refractivity contribution in [1.29, 1.82) is 0 Å². The molecule has 5 nitrogen and oxygen atoms in total. The maximum absolute atomic E-state index is 13.7. The zero-order chi connectivity index (χ0) is 13.7. The van der Waals surface area contributed by atoms with Crippen molar-refractivity contribution in [3.05, 3.63) is 35.7 Å². The number of halogens is 2. The highest BCUT2D eigenvalue weighted by molar-refractivity contribution is 5.85. The van der Waals surface area contributed by atoms with Crippen LogP contribution in [0.15, 0.2) is 18.6 Å². The smallest absolute Gasteiger partial charge is 0.215 e. The fourth-order valence-electron chi connectivity index (χ4n) is 1.94. The lowest BCUT2D eigenvalue weighted by Gasteiger charge is -2.01. The molecule has 1 N–H and O–H groups in total. The molecular weight excluding hydrogens is 281 g/mol. The van der Waals surface area contributed by atoms with E-state index < -0.39 is 0 Å². The summed E-state index contributed by atoms with van der Waals surface area (Å²) in [5, 5.41) is 11.4. The van der Waals surface area contributed by atoms with Crippen molar-refractivity contribution in [3.63, 3.8) is 0 Å². The van der Waals surface area contributed by atoms with Crippen LogP contribution in [-0.4, -0.2) is 19.6 Å². The van der Waals surface area contributed by atoms with E-state index in [9.17, 15) is 4.39 Å². The first-order chi connectivity index (χ1) is 9.24. The zero-order valence-corrected chi connectivity index (χ0v) is 12.7. The molecule has 0 atom stereocenters. The minimum Gasteiger partial charge on any atom is -0.308 e. The van der Waals surface area contributed by atoms with Crippen LogP contribution in [0.1, 0.15) is 31.4 Å². The fraction of sp³-hybridized carbons (Fsp3) is 0.538. The predicted octanol–water partition coefficient (Wildman–Crippen LogP) is 2.36. The maximum atomic E-state index is 13.7. The molecule has 2 rings (SSSR count). The van der Waals surface area contributed by atoms with Crippen LogP contribution in [0.25, 0.3) is 0 Å². The molecule has 0 saturated heterocycles. The topological polar surface area (TPSA) is 47.7 Å². The van der Waals surface area contributed by atoms with Gasteiger partial charge in [-0.25, -0.2) is 4.68 Å². The quantitative estimate of drug-likeness (QED) is 0.854. The monoisotopic (exact) mass is 301 g/mol. The highest BCUT2D eigenvalue weighted by atomic mass is 35.5. The second-order valence-corrected chi connectivity index (χ2v) is 4.49. The Morgan fingerprint density at radius 1 is 1.20 bits per heavy atom. The van der Waals surface area contributed by atoms with Gasteiger partial charge >= 0.3 is 0 Å². The van der Waals surface area contributed by atoms with E-state index >= 15 is 0 Å². The number of rotatable bonds is 7. The predicted molar refractivity (Wildman–Crippen MR) is 78.2 cm³/mol. The molecule has 2 aromatic rings. The Morgan fingerprint density at radius 2 is 2.00 bits per heavy atom. The third-order valence-electron chi connectivity index (χ3n) is 2.93. The Morgan fingerprint density at radius 3 is 2.65 bits per heavy atom. The number of hydrogen-bond acceptors (Lipinski definition) is 3. The van der Waals surface area contributed by atoms with E-state index in [4.69, 9.17) is 0 Å². The Balaban J connectivity index is 0.00000200. The minimum atomic E-state index is -0.253. The van der Waals surface area contributed by atoms with Crippen molar-refractivity contribution in [1.82, 2.24) is 24.9 Å². The lowest BCUT2D eigenvalue weighted by atomic mass is 10.3. The van der Waals surface area contributed by atoms with Gasteiger partial charge in [0.25, 0.3) is 0 Å². The molecule has 20 heavy (non-hydrogen) atoms. The summed E-state index contributed by atoms with van der Waals surface area (Å²) in [6.45, 7) is 6.63. The van der Waals surface area contributed by atoms with E-state index in [0.29, 0.717) is 25.2 Å². The van der Waals surface area contributed by atoms with Gasteiger partial charge < -0.3 is 5.32 Å². The van der Waals surface area contributed by atoms with Gasteiger partial charge in [-0.3, -0.25) is 4.68 Å². The second-order valence-electron chi connectivity index (χ2n) is 4.49. The van der Waals surface area contributed by atoms with Crippen LogP contribution in [0.3, 0.4) is 0 Å². The molecule has 0 aliphatic rings. The van der Waals surface area contributed by atoms with Crippen molar-refractivity contribution in [3.8, 4) is 0 Å². The highest BCUT2D eigenvalue weighted by Crippen LogP contribution is 2.06. The van der Waals surface area contributed by atoms with Gasteiger partial charge in [0, 0.05) is 43.5 Å². The van der Waals surface area contributed by atoms with Gasteiger partial charge in [-0.1, -0.05) is 6.92 Å². The molecule has 0 radical (unpaired) electrons. The summed E-state index contributed by atoms with van der Waals surface area (Å²) in [6.07, 6.45) is 6.50. The van der Waals surface area contributed by atoms with Crippen molar-refractivity contribution in [2.45, 2.75) is 46.4 Å². The SMILES string of the molecule is CCCn1cc(CNCc2cnn(CC)c2F)cn1.Cl. The normalized spacial score (nSPS) is 10.6. The Labute approximate surface area is 124 Å². The number of nitrogens with zero attached hydrogens (tertiary/aromatic N) is 4. The van der Waals surface area contributed by atoms with E-state index in [-0.39, 0.29) is 18.4 Å². The average molecular weight is 302 g/mol. The molecule has 0 aromatic carbocycles. The fourth-order valence-corrected chi connectivity index (χ4v) is 1.94. The first kappa shape index (κ1) is 16.7. The first-order valence-electron chi connectivity index (χ1n) is 6.66. The lowest BCUT2D eigenvalue weighted by Crippen LogP contribution is -2.13. The van der Waals surface area contributed by atoms with E-state index in [1.807, 2.05) is 24.0 Å². The molecular formula is C13H21ClFN5. The molecule has 112 valence electrons. The summed E-state index contributed by atoms with van der Waals surface area (Å²) >= 11 is 0. The second kappa shape index (κ2) is 8.01. The molecule has 2 heterocycles. The van der Waals surface area contributed by atoms with Gasteiger partial charge in [-0.2, -0.15) is 14.6 Å². The third kappa shape index (κ3) is 4.05. The number of aryl methyl sites for hydroxylation is 2. The van der Waals surface area contributed by atoms with Gasteiger partial charge in [0.15, 0.2) is 0 Å². The largest absolute Gasteiger partial charge is 0.308 e. The van der Waals surface area contributed by atoms with Crippen molar-refractivity contribution in [2.24, 2.45) is 0 Å². The summed E-state index contributed by atoms with van der Waals surface area (Å²) in [6, 6.07) is 0. The molecule has 0 fully saturated rings. The molecule has 0 unspecified atom stereocenters. The first-order valence-corrected chi connectivity index (χ1v) is 6.66. The van der Waals surface area contributed by atoms with Gasteiger partial charge in [-0.05, 0) is 13.3 Å². The van der Waals surface area contributed by atoms with Crippen LogP contribution in [-0.2, 0) is 26.2 Å².